The predicted octanol–water partition coefficient (Wildman–Crippen LogP) is 0.923. The normalized spacial score (nSPS) is 9.58. The lowest BCUT2D eigenvalue weighted by atomic mass is 10.2. The van der Waals surface area contributed by atoms with Crippen molar-refractivity contribution in [3.8, 4) is 0 Å². The summed E-state index contributed by atoms with van der Waals surface area (Å²) in [6, 6.07) is 1.36. The zero-order valence-corrected chi connectivity index (χ0v) is 6.91. The smallest absolute Gasteiger partial charge is 0.256 e. The first kappa shape index (κ1) is 8.64. The number of hydrogen-bond donors (Lipinski definition) is 0. The Hall–Kier alpha value is -1.45. The van der Waals surface area contributed by atoms with E-state index in [1.807, 2.05) is 0 Å². The van der Waals surface area contributed by atoms with E-state index in [0.29, 0.717) is 0 Å². The van der Waals surface area contributed by atoms with Crippen LogP contribution in [-0.4, -0.2) is 29.9 Å². The van der Waals surface area contributed by atoms with Crippen molar-refractivity contribution in [2.45, 2.75) is 0 Å². The molecule has 1 rings (SSSR count). The molecule has 0 saturated heterocycles. The lowest BCUT2D eigenvalue weighted by Crippen LogP contribution is -2.22. The van der Waals surface area contributed by atoms with Crippen LogP contribution in [0.1, 0.15) is 10.4 Å². The topological polar surface area (TPSA) is 33.2 Å². The third kappa shape index (κ3) is 1.58. The van der Waals surface area contributed by atoms with Crippen molar-refractivity contribution in [2.24, 2.45) is 0 Å². The van der Waals surface area contributed by atoms with E-state index in [2.05, 4.69) is 4.98 Å². The Kier molecular flexibility index (Phi) is 2.38. The van der Waals surface area contributed by atoms with Crippen LogP contribution in [-0.2, 0) is 0 Å². The molecule has 1 amide bonds. The number of nitrogens with zero attached hydrogens (tertiary/aromatic N) is 2. The van der Waals surface area contributed by atoms with Gasteiger partial charge in [-0.05, 0) is 6.07 Å². The highest BCUT2D eigenvalue weighted by Gasteiger charge is 2.12. The summed E-state index contributed by atoms with van der Waals surface area (Å²) in [7, 11) is 3.14. The van der Waals surface area contributed by atoms with Crippen molar-refractivity contribution in [3.05, 3.63) is 29.8 Å². The minimum Gasteiger partial charge on any atom is -0.345 e. The van der Waals surface area contributed by atoms with Crippen LogP contribution in [0.3, 0.4) is 0 Å². The Morgan fingerprint density at radius 3 is 2.75 bits per heavy atom. The Bertz CT molecular complexity index is 299. The molecule has 0 atom stereocenters. The molecule has 1 heterocycles. The second-order valence-electron chi connectivity index (χ2n) is 2.56. The number of carbonyl (C=O) groups excluding carboxylic acids is 1. The number of hydrogen-bond acceptors (Lipinski definition) is 2. The van der Waals surface area contributed by atoms with E-state index >= 15 is 0 Å². The van der Waals surface area contributed by atoms with E-state index in [1.165, 1.54) is 17.2 Å². The molecular weight excluding hydrogens is 159 g/mol. The Balaban J connectivity index is 3.03. The van der Waals surface area contributed by atoms with Crippen LogP contribution in [0.5, 0.6) is 0 Å². The molecule has 12 heavy (non-hydrogen) atoms. The molecule has 0 spiro atoms. The average molecular weight is 168 g/mol. The summed E-state index contributed by atoms with van der Waals surface area (Å²) in [6.45, 7) is 0. The van der Waals surface area contributed by atoms with Gasteiger partial charge in [-0.2, -0.15) is 0 Å². The van der Waals surface area contributed by atoms with Gasteiger partial charge >= 0.3 is 0 Å². The predicted molar refractivity (Wildman–Crippen MR) is 42.2 cm³/mol. The van der Waals surface area contributed by atoms with Crippen molar-refractivity contribution in [1.29, 1.82) is 0 Å². The first-order chi connectivity index (χ1) is 5.63. The molecule has 0 radical (unpaired) electrons. The van der Waals surface area contributed by atoms with Gasteiger partial charge in [0.2, 0.25) is 0 Å². The summed E-state index contributed by atoms with van der Waals surface area (Å²) >= 11 is 0. The highest BCUT2D eigenvalue weighted by atomic mass is 19.1. The van der Waals surface area contributed by atoms with Crippen LogP contribution in [0.2, 0.25) is 0 Å². The van der Waals surface area contributed by atoms with Crippen molar-refractivity contribution in [1.82, 2.24) is 9.88 Å². The standard InChI is InChI=1S/C8H9FN2O/c1-11(2)8(12)6-3-4-10-5-7(6)9/h3-5H,1-2H3. The lowest BCUT2D eigenvalue weighted by molar-refractivity contribution is 0.0823. The van der Waals surface area contributed by atoms with Crippen LogP contribution in [0.25, 0.3) is 0 Å². The highest BCUT2D eigenvalue weighted by Crippen LogP contribution is 2.05. The van der Waals surface area contributed by atoms with Crippen LogP contribution in [0.15, 0.2) is 18.5 Å². The van der Waals surface area contributed by atoms with Crippen molar-refractivity contribution < 1.29 is 9.18 Å². The zero-order chi connectivity index (χ0) is 9.14. The fraction of sp³-hybridized carbons (Fsp3) is 0.250. The van der Waals surface area contributed by atoms with Gasteiger partial charge in [0.25, 0.3) is 5.91 Å². The number of aromatic nitrogens is 1. The molecule has 3 nitrogen and oxygen atoms in total. The highest BCUT2D eigenvalue weighted by molar-refractivity contribution is 5.93. The minimum absolute atomic E-state index is 0.0509. The number of halogens is 1. The molecule has 0 fully saturated rings. The summed E-state index contributed by atoms with van der Waals surface area (Å²) < 4.78 is 12.9. The quantitative estimate of drug-likeness (QED) is 0.624. The number of rotatable bonds is 1. The van der Waals surface area contributed by atoms with Gasteiger partial charge in [-0.25, -0.2) is 4.39 Å². The van der Waals surface area contributed by atoms with E-state index in [4.69, 9.17) is 0 Å². The monoisotopic (exact) mass is 168 g/mol. The van der Waals surface area contributed by atoms with Crippen LogP contribution < -0.4 is 0 Å². The molecule has 64 valence electrons. The minimum atomic E-state index is -0.587. The molecule has 1 aromatic heterocycles. The SMILES string of the molecule is CN(C)C(=O)c1ccncc1F. The largest absolute Gasteiger partial charge is 0.345 e. The van der Waals surface area contributed by atoms with E-state index < -0.39 is 5.82 Å². The maximum Gasteiger partial charge on any atom is 0.256 e. The molecule has 1 aromatic rings. The fourth-order valence-electron chi connectivity index (χ4n) is 0.790. The van der Waals surface area contributed by atoms with Gasteiger partial charge in [-0.15, -0.1) is 0 Å². The summed E-state index contributed by atoms with van der Waals surface area (Å²) in [4.78, 5) is 16.1. The van der Waals surface area contributed by atoms with E-state index in [-0.39, 0.29) is 11.5 Å². The van der Waals surface area contributed by atoms with Crippen LogP contribution >= 0.6 is 0 Å². The Morgan fingerprint density at radius 1 is 1.58 bits per heavy atom. The van der Waals surface area contributed by atoms with Gasteiger partial charge in [0.1, 0.15) is 0 Å². The summed E-state index contributed by atoms with van der Waals surface area (Å²) in [5, 5.41) is 0. The van der Waals surface area contributed by atoms with Crippen molar-refractivity contribution in [2.75, 3.05) is 14.1 Å². The Morgan fingerprint density at radius 2 is 2.25 bits per heavy atom. The van der Waals surface area contributed by atoms with Gasteiger partial charge in [-0.1, -0.05) is 0 Å². The fourth-order valence-corrected chi connectivity index (χ4v) is 0.790. The summed E-state index contributed by atoms with van der Waals surface area (Å²) in [5.74, 6) is -0.939. The zero-order valence-electron chi connectivity index (χ0n) is 6.91. The van der Waals surface area contributed by atoms with Crippen LogP contribution in [0, 0.1) is 5.82 Å². The first-order valence-electron chi connectivity index (χ1n) is 3.44. The van der Waals surface area contributed by atoms with Crippen molar-refractivity contribution >= 4 is 5.91 Å². The lowest BCUT2D eigenvalue weighted by Gasteiger charge is -2.09. The molecule has 0 aliphatic rings. The van der Waals surface area contributed by atoms with Gasteiger partial charge in [0, 0.05) is 20.3 Å². The second-order valence-corrected chi connectivity index (χ2v) is 2.56. The maximum atomic E-state index is 12.9. The van der Waals surface area contributed by atoms with E-state index in [9.17, 15) is 9.18 Å². The van der Waals surface area contributed by atoms with Gasteiger partial charge in [-0.3, -0.25) is 9.78 Å². The molecule has 0 saturated carbocycles. The van der Waals surface area contributed by atoms with Gasteiger partial charge < -0.3 is 4.90 Å². The summed E-state index contributed by atoms with van der Waals surface area (Å²) in [5.41, 5.74) is 0.0509. The average Bonchev–Trinajstić information content (AvgIpc) is 2.04. The van der Waals surface area contributed by atoms with Gasteiger partial charge in [0.15, 0.2) is 5.82 Å². The second kappa shape index (κ2) is 3.30. The Labute approximate surface area is 69.8 Å². The molecular formula is C8H9FN2O. The van der Waals surface area contributed by atoms with E-state index in [1.54, 1.807) is 14.1 Å². The molecule has 0 bridgehead atoms. The van der Waals surface area contributed by atoms with E-state index in [0.717, 1.165) is 6.20 Å². The molecule has 4 heteroatoms. The third-order valence-electron chi connectivity index (χ3n) is 1.41. The molecule has 0 N–H and O–H groups in total. The van der Waals surface area contributed by atoms with Crippen LogP contribution in [0.4, 0.5) is 4.39 Å². The number of carbonyl (C=O) groups is 1. The molecule has 0 unspecified atom stereocenters. The third-order valence-corrected chi connectivity index (χ3v) is 1.41. The molecule has 0 aliphatic carbocycles. The summed E-state index contributed by atoms with van der Waals surface area (Å²) in [6.07, 6.45) is 2.41. The number of pyridine rings is 1. The maximum absolute atomic E-state index is 12.9. The molecule has 0 aliphatic heterocycles. The number of amides is 1. The van der Waals surface area contributed by atoms with Gasteiger partial charge in [0.05, 0.1) is 11.8 Å². The van der Waals surface area contributed by atoms with Crippen molar-refractivity contribution in [3.63, 3.8) is 0 Å². The molecule has 0 aromatic carbocycles. The first-order valence-corrected chi connectivity index (χ1v) is 3.44.